The van der Waals surface area contributed by atoms with E-state index in [0.717, 1.165) is 16.7 Å². The minimum absolute atomic E-state index is 0.163. The highest BCUT2D eigenvalue weighted by atomic mass is 35.5. The molecule has 0 saturated carbocycles. The van der Waals surface area contributed by atoms with Gasteiger partial charge >= 0.3 is 0 Å². The summed E-state index contributed by atoms with van der Waals surface area (Å²) in [5.74, 6) is -0.831. The number of nitrogens with one attached hydrogen (secondary N) is 1. The van der Waals surface area contributed by atoms with Crippen molar-refractivity contribution in [1.82, 2.24) is 10.2 Å². The number of nitrogens with zero attached hydrogens (tertiary/aromatic N) is 1. The number of hydrogen-bond donors (Lipinski definition) is 1. The van der Waals surface area contributed by atoms with E-state index in [0.29, 0.717) is 28.5 Å². The van der Waals surface area contributed by atoms with Crippen LogP contribution in [0.4, 0.5) is 4.39 Å². The first-order valence-electron chi connectivity index (χ1n) is 12.7. The van der Waals surface area contributed by atoms with Gasteiger partial charge in [0.2, 0.25) is 11.8 Å². The van der Waals surface area contributed by atoms with Crippen LogP contribution in [0.5, 0.6) is 0 Å². The number of aryl methyl sites for hydroxylation is 1. The summed E-state index contributed by atoms with van der Waals surface area (Å²) in [4.78, 5) is 29.1. The van der Waals surface area contributed by atoms with Gasteiger partial charge in [0, 0.05) is 36.0 Å². The van der Waals surface area contributed by atoms with Gasteiger partial charge in [-0.1, -0.05) is 102 Å². The predicted octanol–water partition coefficient (Wildman–Crippen LogP) is 7.02. The fourth-order valence-electron chi connectivity index (χ4n) is 4.35. The predicted molar refractivity (Wildman–Crippen MR) is 154 cm³/mol. The van der Waals surface area contributed by atoms with Gasteiger partial charge in [-0.25, -0.2) is 4.39 Å². The summed E-state index contributed by atoms with van der Waals surface area (Å²) in [6.07, 6.45) is 1.09. The number of rotatable bonds is 11. The van der Waals surface area contributed by atoms with Crippen LogP contribution in [0.3, 0.4) is 0 Å². The molecule has 1 atom stereocenters. The lowest BCUT2D eigenvalue weighted by molar-refractivity contribution is -0.141. The van der Waals surface area contributed by atoms with Crippen LogP contribution < -0.4 is 5.32 Å². The number of amides is 2. The summed E-state index contributed by atoms with van der Waals surface area (Å²) >= 11 is 12.3. The molecule has 0 heterocycles. The van der Waals surface area contributed by atoms with Gasteiger partial charge in [0.1, 0.15) is 11.9 Å². The quantitative estimate of drug-likeness (QED) is 0.213. The summed E-state index contributed by atoms with van der Waals surface area (Å²) < 4.78 is 13.6. The molecule has 200 valence electrons. The Hall–Kier alpha value is -3.67. The van der Waals surface area contributed by atoms with Crippen LogP contribution in [-0.2, 0) is 35.5 Å². The van der Waals surface area contributed by atoms with Crippen LogP contribution in [0.25, 0.3) is 0 Å². The summed E-state index contributed by atoms with van der Waals surface area (Å²) in [5.41, 5.74) is 3.40. The molecule has 0 aliphatic rings. The molecule has 4 rings (SSSR count). The van der Waals surface area contributed by atoms with Crippen molar-refractivity contribution < 1.29 is 14.0 Å². The van der Waals surface area contributed by atoms with E-state index in [1.165, 1.54) is 12.1 Å². The van der Waals surface area contributed by atoms with Crippen LogP contribution in [0.15, 0.2) is 103 Å². The van der Waals surface area contributed by atoms with Crippen LogP contribution in [0.2, 0.25) is 10.0 Å². The summed E-state index contributed by atoms with van der Waals surface area (Å²) in [6, 6.07) is 29.6. The van der Waals surface area contributed by atoms with Crippen molar-refractivity contribution >= 4 is 35.0 Å². The van der Waals surface area contributed by atoms with Crippen molar-refractivity contribution in [3.8, 4) is 0 Å². The second-order valence-electron chi connectivity index (χ2n) is 9.29. The zero-order valence-corrected chi connectivity index (χ0v) is 22.8. The van der Waals surface area contributed by atoms with Crippen molar-refractivity contribution in [2.75, 3.05) is 0 Å². The molecule has 2 amide bonds. The highest BCUT2D eigenvalue weighted by molar-refractivity contribution is 6.35. The molecule has 1 unspecified atom stereocenters. The van der Waals surface area contributed by atoms with Gasteiger partial charge in [-0.2, -0.15) is 0 Å². The first-order valence-corrected chi connectivity index (χ1v) is 13.5. The summed E-state index contributed by atoms with van der Waals surface area (Å²) in [5, 5.41) is 3.92. The van der Waals surface area contributed by atoms with E-state index in [-0.39, 0.29) is 37.1 Å². The van der Waals surface area contributed by atoms with E-state index in [2.05, 4.69) is 5.32 Å². The summed E-state index contributed by atoms with van der Waals surface area (Å²) in [6.45, 7) is 0.350. The third kappa shape index (κ3) is 8.41. The Bertz CT molecular complexity index is 1380. The molecule has 0 bridgehead atoms. The zero-order chi connectivity index (χ0) is 27.6. The van der Waals surface area contributed by atoms with E-state index in [1.807, 2.05) is 60.7 Å². The van der Waals surface area contributed by atoms with Crippen LogP contribution in [-0.4, -0.2) is 22.8 Å². The lowest BCUT2D eigenvalue weighted by Crippen LogP contribution is -2.50. The number of halogens is 3. The molecule has 0 spiro atoms. The third-order valence-electron chi connectivity index (χ3n) is 6.48. The SMILES string of the molecule is O=C(NCc1ccc(Cl)cc1Cl)C(Cc1ccccc1)N(Cc1ccc(F)cc1)C(=O)CCc1ccccc1. The second kappa shape index (κ2) is 13.9. The van der Waals surface area contributed by atoms with E-state index in [9.17, 15) is 14.0 Å². The monoisotopic (exact) mass is 562 g/mol. The largest absolute Gasteiger partial charge is 0.350 e. The van der Waals surface area contributed by atoms with Gasteiger partial charge in [0.15, 0.2) is 0 Å². The Balaban J connectivity index is 1.61. The minimum Gasteiger partial charge on any atom is -0.350 e. The Morgan fingerprint density at radius 2 is 1.44 bits per heavy atom. The molecule has 4 nitrogen and oxygen atoms in total. The molecule has 0 saturated heterocycles. The van der Waals surface area contributed by atoms with Gasteiger partial charge < -0.3 is 10.2 Å². The Labute approximate surface area is 238 Å². The first-order chi connectivity index (χ1) is 18.9. The maximum absolute atomic E-state index is 13.7. The van der Waals surface area contributed by atoms with Crippen LogP contribution >= 0.6 is 23.2 Å². The first kappa shape index (κ1) is 28.3. The zero-order valence-electron chi connectivity index (χ0n) is 21.3. The minimum atomic E-state index is -0.799. The molecule has 0 aromatic heterocycles. The Morgan fingerprint density at radius 1 is 0.795 bits per heavy atom. The second-order valence-corrected chi connectivity index (χ2v) is 10.1. The number of benzene rings is 4. The normalized spacial score (nSPS) is 11.6. The molecule has 4 aromatic carbocycles. The Kier molecular flexibility index (Phi) is 10.1. The fourth-order valence-corrected chi connectivity index (χ4v) is 4.82. The van der Waals surface area contributed by atoms with Gasteiger partial charge in [-0.3, -0.25) is 9.59 Å². The van der Waals surface area contributed by atoms with E-state index in [4.69, 9.17) is 23.2 Å². The van der Waals surface area contributed by atoms with Gasteiger partial charge in [-0.15, -0.1) is 0 Å². The molecule has 1 N–H and O–H groups in total. The lowest BCUT2D eigenvalue weighted by atomic mass is 10.0. The molecule has 0 aliphatic carbocycles. The van der Waals surface area contributed by atoms with Crippen molar-refractivity contribution in [2.24, 2.45) is 0 Å². The van der Waals surface area contributed by atoms with E-state index < -0.39 is 6.04 Å². The van der Waals surface area contributed by atoms with Crippen molar-refractivity contribution in [3.63, 3.8) is 0 Å². The molecular formula is C32H29Cl2FN2O2. The van der Waals surface area contributed by atoms with E-state index >= 15 is 0 Å². The fraction of sp³-hybridized carbons (Fsp3) is 0.188. The average Bonchev–Trinajstić information content (AvgIpc) is 2.95. The maximum Gasteiger partial charge on any atom is 0.243 e. The molecular weight excluding hydrogens is 534 g/mol. The molecule has 39 heavy (non-hydrogen) atoms. The van der Waals surface area contributed by atoms with Crippen molar-refractivity contribution in [1.29, 1.82) is 0 Å². The van der Waals surface area contributed by atoms with Gasteiger partial charge in [0.05, 0.1) is 0 Å². The van der Waals surface area contributed by atoms with Crippen molar-refractivity contribution in [3.05, 3.63) is 141 Å². The number of carbonyl (C=O) groups is 2. The highest BCUT2D eigenvalue weighted by Gasteiger charge is 2.30. The lowest BCUT2D eigenvalue weighted by Gasteiger charge is -2.32. The molecule has 0 radical (unpaired) electrons. The summed E-state index contributed by atoms with van der Waals surface area (Å²) in [7, 11) is 0. The Morgan fingerprint density at radius 3 is 2.08 bits per heavy atom. The van der Waals surface area contributed by atoms with E-state index in [1.54, 1.807) is 35.2 Å². The third-order valence-corrected chi connectivity index (χ3v) is 7.06. The van der Waals surface area contributed by atoms with Gasteiger partial charge in [0.25, 0.3) is 0 Å². The van der Waals surface area contributed by atoms with Gasteiger partial charge in [-0.05, 0) is 52.9 Å². The molecule has 0 aliphatic heterocycles. The van der Waals surface area contributed by atoms with Crippen molar-refractivity contribution in [2.45, 2.75) is 38.4 Å². The maximum atomic E-state index is 13.7. The van der Waals surface area contributed by atoms with Crippen LogP contribution in [0.1, 0.15) is 28.7 Å². The molecule has 7 heteroatoms. The molecule has 0 fully saturated rings. The van der Waals surface area contributed by atoms with Crippen LogP contribution in [0, 0.1) is 5.82 Å². The molecule has 4 aromatic rings. The smallest absolute Gasteiger partial charge is 0.243 e. The number of carbonyl (C=O) groups excluding carboxylic acids is 2. The standard InChI is InChI=1S/C32H29Cl2FN2O2/c33-27-15-14-26(29(34)20-27)21-36-32(39)30(19-24-9-5-2-6-10-24)37(22-25-11-16-28(35)17-12-25)31(38)18-13-23-7-3-1-4-8-23/h1-12,14-17,20,30H,13,18-19,21-22H2,(H,36,39). The topological polar surface area (TPSA) is 49.4 Å². The number of hydrogen-bond acceptors (Lipinski definition) is 2. The average molecular weight is 564 g/mol. The highest BCUT2D eigenvalue weighted by Crippen LogP contribution is 2.22.